The number of fused-ring (bicyclic) bond motifs is 1. The SMILES string of the molecule is NCc1cnc(Oc2cccc(F)c2)c2ccccc12. The number of halogens is 1. The second-order valence-corrected chi connectivity index (χ2v) is 4.40. The minimum atomic E-state index is -0.342. The van der Waals surface area contributed by atoms with Crippen LogP contribution < -0.4 is 10.5 Å². The van der Waals surface area contributed by atoms with Gasteiger partial charge in [-0.2, -0.15) is 0 Å². The standard InChI is InChI=1S/C16H13FN2O/c17-12-4-3-5-13(8-12)20-16-15-7-2-1-6-14(15)11(9-18)10-19-16/h1-8,10H,9,18H2. The molecule has 0 saturated heterocycles. The van der Waals surface area contributed by atoms with Gasteiger partial charge in [0.25, 0.3) is 0 Å². The Morgan fingerprint density at radius 2 is 1.85 bits per heavy atom. The molecule has 0 aliphatic rings. The zero-order chi connectivity index (χ0) is 13.9. The lowest BCUT2D eigenvalue weighted by atomic mass is 10.1. The molecule has 0 fully saturated rings. The molecule has 0 unspecified atom stereocenters. The fourth-order valence-corrected chi connectivity index (χ4v) is 2.11. The topological polar surface area (TPSA) is 48.1 Å². The van der Waals surface area contributed by atoms with Crippen LogP contribution in [0.15, 0.2) is 54.7 Å². The van der Waals surface area contributed by atoms with Crippen LogP contribution in [0, 0.1) is 5.82 Å². The molecule has 3 rings (SSSR count). The molecule has 0 spiro atoms. The highest BCUT2D eigenvalue weighted by Crippen LogP contribution is 2.29. The molecule has 1 heterocycles. The van der Waals surface area contributed by atoms with Crippen LogP contribution in [0.2, 0.25) is 0 Å². The van der Waals surface area contributed by atoms with Gasteiger partial charge in [-0.25, -0.2) is 9.37 Å². The van der Waals surface area contributed by atoms with Crippen molar-refractivity contribution in [1.29, 1.82) is 0 Å². The molecule has 0 amide bonds. The van der Waals surface area contributed by atoms with Crippen LogP contribution in [-0.4, -0.2) is 4.98 Å². The summed E-state index contributed by atoms with van der Waals surface area (Å²) < 4.78 is 18.9. The van der Waals surface area contributed by atoms with E-state index in [1.807, 2.05) is 24.3 Å². The smallest absolute Gasteiger partial charge is 0.227 e. The summed E-state index contributed by atoms with van der Waals surface area (Å²) >= 11 is 0. The van der Waals surface area contributed by atoms with Gasteiger partial charge in [-0.1, -0.05) is 24.3 Å². The zero-order valence-electron chi connectivity index (χ0n) is 10.7. The number of benzene rings is 2. The summed E-state index contributed by atoms with van der Waals surface area (Å²) in [4.78, 5) is 4.28. The van der Waals surface area contributed by atoms with Crippen LogP contribution in [-0.2, 0) is 6.54 Å². The number of nitrogens with two attached hydrogens (primary N) is 1. The Bertz CT molecular complexity index is 758. The van der Waals surface area contributed by atoms with Crippen molar-refractivity contribution < 1.29 is 9.13 Å². The highest BCUT2D eigenvalue weighted by Gasteiger charge is 2.08. The Morgan fingerprint density at radius 1 is 1.05 bits per heavy atom. The lowest BCUT2D eigenvalue weighted by Crippen LogP contribution is -1.99. The monoisotopic (exact) mass is 268 g/mol. The summed E-state index contributed by atoms with van der Waals surface area (Å²) in [6.45, 7) is 0.410. The molecule has 4 heteroatoms. The summed E-state index contributed by atoms with van der Waals surface area (Å²) in [6, 6.07) is 13.7. The van der Waals surface area contributed by atoms with Crippen LogP contribution in [0.4, 0.5) is 4.39 Å². The van der Waals surface area contributed by atoms with Crippen LogP contribution in [0.5, 0.6) is 11.6 Å². The molecule has 2 aromatic carbocycles. The quantitative estimate of drug-likeness (QED) is 0.789. The van der Waals surface area contributed by atoms with Crippen molar-refractivity contribution in [3.05, 3.63) is 66.1 Å². The summed E-state index contributed by atoms with van der Waals surface area (Å²) in [5.41, 5.74) is 6.66. The Morgan fingerprint density at radius 3 is 2.60 bits per heavy atom. The molecule has 0 bridgehead atoms. The second kappa shape index (κ2) is 5.27. The van der Waals surface area contributed by atoms with E-state index in [0.717, 1.165) is 16.3 Å². The number of pyridine rings is 1. The van der Waals surface area contributed by atoms with Crippen molar-refractivity contribution in [2.75, 3.05) is 0 Å². The van der Waals surface area contributed by atoms with Crippen LogP contribution in [0.25, 0.3) is 10.8 Å². The molecule has 2 N–H and O–H groups in total. The van der Waals surface area contributed by atoms with Crippen molar-refractivity contribution in [3.63, 3.8) is 0 Å². The molecule has 0 aliphatic carbocycles. The largest absolute Gasteiger partial charge is 0.438 e. The lowest BCUT2D eigenvalue weighted by molar-refractivity contribution is 0.464. The number of ether oxygens (including phenoxy) is 1. The lowest BCUT2D eigenvalue weighted by Gasteiger charge is -2.10. The maximum absolute atomic E-state index is 13.2. The Kier molecular flexibility index (Phi) is 3.31. The van der Waals surface area contributed by atoms with E-state index in [2.05, 4.69) is 4.98 Å². The van der Waals surface area contributed by atoms with E-state index >= 15 is 0 Å². The summed E-state index contributed by atoms with van der Waals surface area (Å²) in [5.74, 6) is 0.525. The van der Waals surface area contributed by atoms with Gasteiger partial charge in [0.2, 0.25) is 5.88 Å². The molecule has 1 aromatic heterocycles. The second-order valence-electron chi connectivity index (χ2n) is 4.40. The van der Waals surface area contributed by atoms with E-state index in [-0.39, 0.29) is 5.82 Å². The molecule has 100 valence electrons. The van der Waals surface area contributed by atoms with Gasteiger partial charge in [-0.15, -0.1) is 0 Å². The number of hydrogen-bond acceptors (Lipinski definition) is 3. The number of nitrogens with zero attached hydrogens (tertiary/aromatic N) is 1. The van der Waals surface area contributed by atoms with Gasteiger partial charge in [0.05, 0.1) is 0 Å². The van der Waals surface area contributed by atoms with E-state index in [1.54, 1.807) is 18.3 Å². The predicted molar refractivity (Wildman–Crippen MR) is 76.1 cm³/mol. The van der Waals surface area contributed by atoms with Gasteiger partial charge in [-0.3, -0.25) is 0 Å². The van der Waals surface area contributed by atoms with Crippen LogP contribution in [0.1, 0.15) is 5.56 Å². The first kappa shape index (κ1) is 12.6. The Labute approximate surface area is 115 Å². The average molecular weight is 268 g/mol. The summed E-state index contributed by atoms with van der Waals surface area (Å²) in [7, 11) is 0. The third-order valence-electron chi connectivity index (χ3n) is 3.07. The summed E-state index contributed by atoms with van der Waals surface area (Å²) in [6.07, 6.45) is 1.69. The van der Waals surface area contributed by atoms with Crippen LogP contribution in [0.3, 0.4) is 0 Å². The molecule has 3 aromatic rings. The maximum Gasteiger partial charge on any atom is 0.227 e. The normalized spacial score (nSPS) is 10.7. The van der Waals surface area contributed by atoms with E-state index in [0.29, 0.717) is 18.2 Å². The fourth-order valence-electron chi connectivity index (χ4n) is 2.11. The first-order valence-corrected chi connectivity index (χ1v) is 6.28. The number of aromatic nitrogens is 1. The van der Waals surface area contributed by atoms with Crippen LogP contribution >= 0.6 is 0 Å². The molecule has 0 saturated carbocycles. The van der Waals surface area contributed by atoms with Gasteiger partial charge < -0.3 is 10.5 Å². The molecule has 0 aliphatic heterocycles. The predicted octanol–water partition coefficient (Wildman–Crippen LogP) is 3.62. The minimum absolute atomic E-state index is 0.342. The van der Waals surface area contributed by atoms with Gasteiger partial charge in [0.15, 0.2) is 0 Å². The van der Waals surface area contributed by atoms with Crippen molar-refractivity contribution in [2.45, 2.75) is 6.54 Å². The van der Waals surface area contributed by atoms with Gasteiger partial charge in [0, 0.05) is 24.2 Å². The highest BCUT2D eigenvalue weighted by atomic mass is 19.1. The van der Waals surface area contributed by atoms with E-state index < -0.39 is 0 Å². The third kappa shape index (κ3) is 2.33. The third-order valence-corrected chi connectivity index (χ3v) is 3.07. The van der Waals surface area contributed by atoms with Crippen molar-refractivity contribution >= 4 is 10.8 Å². The first-order valence-electron chi connectivity index (χ1n) is 6.28. The molecule has 20 heavy (non-hydrogen) atoms. The van der Waals surface area contributed by atoms with E-state index in [1.165, 1.54) is 12.1 Å². The highest BCUT2D eigenvalue weighted by molar-refractivity contribution is 5.89. The molecular formula is C16H13FN2O. The minimum Gasteiger partial charge on any atom is -0.438 e. The van der Waals surface area contributed by atoms with E-state index in [9.17, 15) is 4.39 Å². The van der Waals surface area contributed by atoms with Crippen molar-refractivity contribution in [2.24, 2.45) is 5.73 Å². The van der Waals surface area contributed by atoms with Crippen molar-refractivity contribution in [3.8, 4) is 11.6 Å². The molecule has 0 radical (unpaired) electrons. The van der Waals surface area contributed by atoms with Crippen molar-refractivity contribution in [1.82, 2.24) is 4.98 Å². The number of rotatable bonds is 3. The molecular weight excluding hydrogens is 255 g/mol. The van der Waals surface area contributed by atoms with Gasteiger partial charge in [-0.05, 0) is 29.1 Å². The van der Waals surface area contributed by atoms with E-state index in [4.69, 9.17) is 10.5 Å². The Balaban J connectivity index is 2.08. The number of hydrogen-bond donors (Lipinski definition) is 1. The van der Waals surface area contributed by atoms with Gasteiger partial charge in [0.1, 0.15) is 11.6 Å². The molecule has 3 nitrogen and oxygen atoms in total. The fraction of sp³-hybridized carbons (Fsp3) is 0.0625. The van der Waals surface area contributed by atoms with Gasteiger partial charge >= 0.3 is 0 Å². The average Bonchev–Trinajstić information content (AvgIpc) is 2.48. The zero-order valence-corrected chi connectivity index (χ0v) is 10.7. The molecule has 0 atom stereocenters. The Hall–Kier alpha value is -2.46. The summed E-state index contributed by atoms with van der Waals surface area (Å²) in [5, 5.41) is 1.86. The maximum atomic E-state index is 13.2. The first-order chi connectivity index (χ1) is 9.78.